The van der Waals surface area contributed by atoms with Crippen LogP contribution in [0.1, 0.15) is 17.2 Å². The van der Waals surface area contributed by atoms with Crippen molar-refractivity contribution in [3.05, 3.63) is 71.9 Å². The number of pyridine rings is 1. The van der Waals surface area contributed by atoms with E-state index in [2.05, 4.69) is 52.8 Å². The van der Waals surface area contributed by atoms with Gasteiger partial charge >= 0.3 is 0 Å². The predicted octanol–water partition coefficient (Wildman–Crippen LogP) is 3.32. The number of nitrogens with one attached hydrogen (secondary N) is 1. The second-order valence-corrected chi connectivity index (χ2v) is 5.16. The van der Waals surface area contributed by atoms with Gasteiger partial charge in [0.15, 0.2) is 0 Å². The molecule has 0 aliphatic heterocycles. The standard InChI is InChI=1S/C18H19N3/c1-20-17(12-14-8-5-11-21-18(14)19)16-10-4-7-13-6-2-3-9-15(13)16/h2-11,17,20H,12H2,1H3,(H2,19,21). The van der Waals surface area contributed by atoms with E-state index in [4.69, 9.17) is 5.73 Å². The Bertz CT molecular complexity index is 747. The van der Waals surface area contributed by atoms with Gasteiger partial charge in [-0.1, -0.05) is 48.5 Å². The van der Waals surface area contributed by atoms with E-state index in [1.54, 1.807) is 6.20 Å². The maximum Gasteiger partial charge on any atom is 0.126 e. The Hall–Kier alpha value is -2.39. The second kappa shape index (κ2) is 5.94. The van der Waals surface area contributed by atoms with Gasteiger partial charge in [0.05, 0.1) is 0 Å². The van der Waals surface area contributed by atoms with E-state index < -0.39 is 0 Å². The van der Waals surface area contributed by atoms with Crippen LogP contribution in [0.4, 0.5) is 5.82 Å². The number of rotatable bonds is 4. The van der Waals surface area contributed by atoms with Gasteiger partial charge in [0.1, 0.15) is 5.82 Å². The van der Waals surface area contributed by atoms with Crippen LogP contribution in [0.2, 0.25) is 0 Å². The van der Waals surface area contributed by atoms with Crippen LogP contribution in [-0.2, 0) is 6.42 Å². The smallest absolute Gasteiger partial charge is 0.126 e. The lowest BCUT2D eigenvalue weighted by Crippen LogP contribution is -2.20. The quantitative estimate of drug-likeness (QED) is 0.769. The van der Waals surface area contributed by atoms with Crippen LogP contribution in [0.5, 0.6) is 0 Å². The zero-order valence-corrected chi connectivity index (χ0v) is 12.1. The summed E-state index contributed by atoms with van der Waals surface area (Å²) < 4.78 is 0. The predicted molar refractivity (Wildman–Crippen MR) is 88.1 cm³/mol. The highest BCUT2D eigenvalue weighted by Crippen LogP contribution is 2.27. The summed E-state index contributed by atoms with van der Waals surface area (Å²) in [6, 6.07) is 19.1. The van der Waals surface area contributed by atoms with Crippen molar-refractivity contribution in [1.29, 1.82) is 0 Å². The molecule has 3 aromatic rings. The molecule has 3 N–H and O–H groups in total. The lowest BCUT2D eigenvalue weighted by atomic mass is 9.94. The summed E-state index contributed by atoms with van der Waals surface area (Å²) in [5.41, 5.74) is 8.34. The number of hydrogen-bond acceptors (Lipinski definition) is 3. The lowest BCUT2D eigenvalue weighted by Gasteiger charge is -2.19. The fourth-order valence-corrected chi connectivity index (χ4v) is 2.77. The molecule has 2 aromatic carbocycles. The normalized spacial score (nSPS) is 12.4. The van der Waals surface area contributed by atoms with Crippen molar-refractivity contribution in [2.24, 2.45) is 0 Å². The maximum absolute atomic E-state index is 5.98. The molecule has 0 spiro atoms. The highest BCUT2D eigenvalue weighted by molar-refractivity contribution is 5.86. The van der Waals surface area contributed by atoms with Gasteiger partial charge in [-0.05, 0) is 41.4 Å². The summed E-state index contributed by atoms with van der Waals surface area (Å²) in [4.78, 5) is 4.17. The van der Waals surface area contributed by atoms with E-state index >= 15 is 0 Å². The molecule has 21 heavy (non-hydrogen) atoms. The van der Waals surface area contributed by atoms with Crippen LogP contribution in [0.3, 0.4) is 0 Å². The number of hydrogen-bond donors (Lipinski definition) is 2. The van der Waals surface area contributed by atoms with Crippen LogP contribution < -0.4 is 11.1 Å². The first-order valence-electron chi connectivity index (χ1n) is 7.14. The Morgan fingerprint density at radius 3 is 2.67 bits per heavy atom. The molecule has 3 rings (SSSR count). The van der Waals surface area contributed by atoms with Gasteiger partial charge in [0, 0.05) is 12.2 Å². The highest BCUT2D eigenvalue weighted by atomic mass is 14.9. The monoisotopic (exact) mass is 277 g/mol. The molecule has 1 unspecified atom stereocenters. The summed E-state index contributed by atoms with van der Waals surface area (Å²) in [7, 11) is 1.99. The molecule has 1 atom stereocenters. The van der Waals surface area contributed by atoms with E-state index in [0.717, 1.165) is 12.0 Å². The molecule has 0 saturated heterocycles. The van der Waals surface area contributed by atoms with Crippen LogP contribution in [0.25, 0.3) is 10.8 Å². The minimum atomic E-state index is 0.211. The third-order valence-corrected chi connectivity index (χ3v) is 3.90. The molecule has 0 amide bonds. The molecule has 0 aliphatic carbocycles. The fraction of sp³-hybridized carbons (Fsp3) is 0.167. The van der Waals surface area contributed by atoms with Crippen LogP contribution >= 0.6 is 0 Å². The van der Waals surface area contributed by atoms with Crippen molar-refractivity contribution in [1.82, 2.24) is 10.3 Å². The van der Waals surface area contributed by atoms with Crippen molar-refractivity contribution < 1.29 is 0 Å². The molecule has 0 bridgehead atoms. The SMILES string of the molecule is CNC(Cc1cccnc1N)c1cccc2ccccc12. The molecule has 0 fully saturated rings. The van der Waals surface area contributed by atoms with Gasteiger partial charge in [-0.25, -0.2) is 4.98 Å². The Morgan fingerprint density at radius 1 is 1.05 bits per heavy atom. The molecule has 1 heterocycles. The van der Waals surface area contributed by atoms with E-state index in [1.807, 2.05) is 19.2 Å². The van der Waals surface area contributed by atoms with Crippen molar-refractivity contribution in [3.8, 4) is 0 Å². The van der Waals surface area contributed by atoms with Crippen molar-refractivity contribution in [2.75, 3.05) is 12.8 Å². The van der Waals surface area contributed by atoms with Crippen molar-refractivity contribution >= 4 is 16.6 Å². The molecule has 1 aromatic heterocycles. The molecular formula is C18H19N3. The number of aromatic nitrogens is 1. The second-order valence-electron chi connectivity index (χ2n) is 5.16. The van der Waals surface area contributed by atoms with Crippen molar-refractivity contribution in [3.63, 3.8) is 0 Å². The molecule has 106 valence electrons. The van der Waals surface area contributed by atoms with E-state index in [9.17, 15) is 0 Å². The van der Waals surface area contributed by atoms with Gasteiger partial charge in [-0.15, -0.1) is 0 Å². The summed E-state index contributed by atoms with van der Waals surface area (Å²) in [6.07, 6.45) is 2.55. The first-order chi connectivity index (χ1) is 10.3. The topological polar surface area (TPSA) is 50.9 Å². The van der Waals surface area contributed by atoms with E-state index in [0.29, 0.717) is 5.82 Å². The van der Waals surface area contributed by atoms with Gasteiger partial charge < -0.3 is 11.1 Å². The number of likely N-dealkylation sites (N-methyl/N-ethyl adjacent to an activating group) is 1. The minimum Gasteiger partial charge on any atom is -0.383 e. The molecular weight excluding hydrogens is 258 g/mol. The third-order valence-electron chi connectivity index (χ3n) is 3.90. The zero-order valence-electron chi connectivity index (χ0n) is 12.1. The van der Waals surface area contributed by atoms with Gasteiger partial charge in [0.2, 0.25) is 0 Å². The Morgan fingerprint density at radius 2 is 1.86 bits per heavy atom. The maximum atomic E-state index is 5.98. The number of nitrogens with two attached hydrogens (primary N) is 1. The molecule has 0 saturated carbocycles. The zero-order chi connectivity index (χ0) is 14.7. The Labute approximate surface area is 124 Å². The number of nitrogen functional groups attached to an aromatic ring is 1. The number of anilines is 1. The van der Waals surface area contributed by atoms with Crippen LogP contribution in [0, 0.1) is 0 Å². The summed E-state index contributed by atoms with van der Waals surface area (Å²) in [5, 5.41) is 5.94. The summed E-state index contributed by atoms with van der Waals surface area (Å²) in [5.74, 6) is 0.609. The Kier molecular flexibility index (Phi) is 3.84. The number of nitrogens with zero attached hydrogens (tertiary/aromatic N) is 1. The molecule has 3 heteroatoms. The van der Waals surface area contributed by atoms with E-state index in [-0.39, 0.29) is 6.04 Å². The van der Waals surface area contributed by atoms with Gasteiger partial charge in [-0.3, -0.25) is 0 Å². The van der Waals surface area contributed by atoms with Crippen molar-refractivity contribution in [2.45, 2.75) is 12.5 Å². The average molecular weight is 277 g/mol. The first kappa shape index (κ1) is 13.6. The fourth-order valence-electron chi connectivity index (χ4n) is 2.77. The minimum absolute atomic E-state index is 0.211. The summed E-state index contributed by atoms with van der Waals surface area (Å²) >= 11 is 0. The van der Waals surface area contributed by atoms with Gasteiger partial charge in [-0.2, -0.15) is 0 Å². The molecule has 3 nitrogen and oxygen atoms in total. The molecule has 0 radical (unpaired) electrons. The third kappa shape index (κ3) is 2.73. The number of benzene rings is 2. The van der Waals surface area contributed by atoms with Crippen LogP contribution in [0.15, 0.2) is 60.8 Å². The number of fused-ring (bicyclic) bond motifs is 1. The summed E-state index contributed by atoms with van der Waals surface area (Å²) in [6.45, 7) is 0. The largest absolute Gasteiger partial charge is 0.383 e. The van der Waals surface area contributed by atoms with Gasteiger partial charge in [0.25, 0.3) is 0 Å². The lowest BCUT2D eigenvalue weighted by molar-refractivity contribution is 0.596. The molecule has 0 aliphatic rings. The Balaban J connectivity index is 2.01. The first-order valence-corrected chi connectivity index (χ1v) is 7.14. The average Bonchev–Trinajstić information content (AvgIpc) is 2.54. The van der Waals surface area contributed by atoms with E-state index in [1.165, 1.54) is 16.3 Å². The van der Waals surface area contributed by atoms with Crippen LogP contribution in [-0.4, -0.2) is 12.0 Å². The highest BCUT2D eigenvalue weighted by Gasteiger charge is 2.14.